The van der Waals surface area contributed by atoms with E-state index in [2.05, 4.69) is 86.8 Å². The van der Waals surface area contributed by atoms with Crippen molar-refractivity contribution in [2.75, 3.05) is 47.5 Å². The highest BCUT2D eigenvalue weighted by molar-refractivity contribution is 7.47. The van der Waals surface area contributed by atoms with Gasteiger partial charge >= 0.3 is 19.8 Å². The molecule has 0 amide bonds. The first-order valence-corrected chi connectivity index (χ1v) is 24.2. The van der Waals surface area contributed by atoms with Gasteiger partial charge < -0.3 is 18.9 Å². The van der Waals surface area contributed by atoms with Crippen molar-refractivity contribution in [3.8, 4) is 0 Å². The van der Waals surface area contributed by atoms with Crippen LogP contribution < -0.4 is 0 Å². The molecule has 1 N–H and O–H groups in total. The Morgan fingerprint density at radius 3 is 1.50 bits per heavy atom. The molecule has 0 spiro atoms. The summed E-state index contributed by atoms with van der Waals surface area (Å²) in [6.07, 6.45) is 49.5. The minimum absolute atomic E-state index is 0.0212. The molecule has 0 aliphatic heterocycles. The number of hydrogen-bond acceptors (Lipinski definition) is 7. The maximum Gasteiger partial charge on any atom is 0.472 e. The zero-order chi connectivity index (χ0) is 42.8. The zero-order valence-corrected chi connectivity index (χ0v) is 38.4. The summed E-state index contributed by atoms with van der Waals surface area (Å²) >= 11 is 0. The number of phosphoric ester groups is 1. The van der Waals surface area contributed by atoms with Crippen LogP contribution in [0.1, 0.15) is 168 Å². The Bertz CT molecular complexity index is 1220. The SMILES string of the molecule is CC/C=C/C/C=C/C/C=C/C/C=C/C/C=C/CCCCCC(=O)O[C@H](COC(=O)CCCCCCCCCCC/C=C/CCCC)COP(=O)(O)OCC[N+](C)(C)C. The van der Waals surface area contributed by atoms with Gasteiger partial charge in [0.1, 0.15) is 19.8 Å². The van der Waals surface area contributed by atoms with E-state index < -0.39 is 26.5 Å². The van der Waals surface area contributed by atoms with Gasteiger partial charge in [0.2, 0.25) is 0 Å². The molecule has 0 bridgehead atoms. The van der Waals surface area contributed by atoms with E-state index in [0.29, 0.717) is 17.4 Å². The number of likely N-dealkylation sites (N-methyl/N-ethyl adjacent to an activating group) is 1. The molecule has 0 heterocycles. The molecule has 0 aliphatic rings. The third-order valence-electron chi connectivity index (χ3n) is 9.22. The number of ether oxygens (including phenoxy) is 2. The molecule has 0 aromatic carbocycles. The first kappa shape index (κ1) is 55.5. The van der Waals surface area contributed by atoms with Gasteiger partial charge in [0.15, 0.2) is 6.10 Å². The molecule has 0 fully saturated rings. The van der Waals surface area contributed by atoms with Gasteiger partial charge in [-0.05, 0) is 77.0 Å². The van der Waals surface area contributed by atoms with Gasteiger partial charge in [-0.2, -0.15) is 0 Å². The molecular weight excluding hydrogens is 750 g/mol. The Balaban J connectivity index is 4.42. The van der Waals surface area contributed by atoms with Crippen molar-refractivity contribution >= 4 is 19.8 Å². The molecule has 10 heteroatoms. The van der Waals surface area contributed by atoms with Crippen molar-refractivity contribution in [2.45, 2.75) is 174 Å². The average molecular weight is 835 g/mol. The van der Waals surface area contributed by atoms with E-state index in [1.807, 2.05) is 21.1 Å². The second-order valence-electron chi connectivity index (χ2n) is 16.0. The summed E-state index contributed by atoms with van der Waals surface area (Å²) in [6, 6.07) is 0. The van der Waals surface area contributed by atoms with Crippen molar-refractivity contribution in [1.82, 2.24) is 0 Å². The largest absolute Gasteiger partial charge is 0.472 e. The quantitative estimate of drug-likeness (QED) is 0.0214. The molecular formula is C48H85NO8P+. The van der Waals surface area contributed by atoms with Gasteiger partial charge in [-0.15, -0.1) is 0 Å². The third-order valence-corrected chi connectivity index (χ3v) is 10.2. The maximum atomic E-state index is 12.7. The minimum atomic E-state index is -4.39. The molecule has 0 aromatic rings. The van der Waals surface area contributed by atoms with Gasteiger partial charge in [0.05, 0.1) is 27.7 Å². The van der Waals surface area contributed by atoms with Crippen molar-refractivity contribution in [1.29, 1.82) is 0 Å². The summed E-state index contributed by atoms with van der Waals surface area (Å²) in [5.74, 6) is -0.844. The van der Waals surface area contributed by atoms with Crippen LogP contribution in [0.5, 0.6) is 0 Å². The second-order valence-corrected chi connectivity index (χ2v) is 17.5. The molecule has 334 valence electrons. The molecule has 58 heavy (non-hydrogen) atoms. The van der Waals surface area contributed by atoms with E-state index in [1.165, 1.54) is 64.2 Å². The molecule has 0 radical (unpaired) electrons. The van der Waals surface area contributed by atoms with E-state index in [4.69, 9.17) is 18.5 Å². The standard InChI is InChI=1S/C48H84NO8P/c1-6-8-10-12-14-16-18-20-22-23-24-25-27-29-31-33-35-37-39-41-48(51)57-46(45-56-58(52,53)55-43-42-49(3,4)5)44-54-47(50)40-38-36-34-32-30-28-26-21-19-17-15-13-11-9-7-2/h8,10,13-16,20,22,24-25,29,31,46H,6-7,9,11-12,17-19,21,23,26-28,30,32-45H2,1-5H3/p+1/b10-8+,15-13+,16-14+,22-20+,25-24+,31-29+/t46-/m1/s1. The highest BCUT2D eigenvalue weighted by atomic mass is 31.2. The van der Waals surface area contributed by atoms with Crippen molar-refractivity contribution in [3.05, 3.63) is 72.9 Å². The first-order valence-electron chi connectivity index (χ1n) is 22.7. The molecule has 1 unspecified atom stereocenters. The molecule has 0 saturated carbocycles. The summed E-state index contributed by atoms with van der Waals surface area (Å²) < 4.78 is 34.3. The smallest absolute Gasteiger partial charge is 0.462 e. The summed E-state index contributed by atoms with van der Waals surface area (Å²) in [4.78, 5) is 35.4. The lowest BCUT2D eigenvalue weighted by Gasteiger charge is -2.24. The topological polar surface area (TPSA) is 108 Å². The lowest BCUT2D eigenvalue weighted by molar-refractivity contribution is -0.870. The summed E-state index contributed by atoms with van der Waals surface area (Å²) in [5.41, 5.74) is 0. The lowest BCUT2D eigenvalue weighted by atomic mass is 10.1. The summed E-state index contributed by atoms with van der Waals surface area (Å²) in [7, 11) is 1.44. The van der Waals surface area contributed by atoms with Crippen molar-refractivity contribution in [3.63, 3.8) is 0 Å². The minimum Gasteiger partial charge on any atom is -0.462 e. The fourth-order valence-corrected chi connectivity index (χ4v) is 6.41. The van der Waals surface area contributed by atoms with E-state index >= 15 is 0 Å². The zero-order valence-electron chi connectivity index (χ0n) is 37.5. The van der Waals surface area contributed by atoms with E-state index in [9.17, 15) is 19.0 Å². The molecule has 9 nitrogen and oxygen atoms in total. The van der Waals surface area contributed by atoms with Gasteiger partial charge in [-0.1, -0.05) is 151 Å². The van der Waals surface area contributed by atoms with Crippen LogP contribution in [0.3, 0.4) is 0 Å². The monoisotopic (exact) mass is 835 g/mol. The number of carbonyl (C=O) groups is 2. The molecule has 0 saturated heterocycles. The Morgan fingerprint density at radius 2 is 0.983 bits per heavy atom. The van der Waals surface area contributed by atoms with Crippen LogP contribution in [0.2, 0.25) is 0 Å². The van der Waals surface area contributed by atoms with Crippen molar-refractivity contribution < 1.29 is 42.1 Å². The third kappa shape index (κ3) is 43.0. The maximum absolute atomic E-state index is 12.7. The van der Waals surface area contributed by atoms with Crippen LogP contribution in [0.4, 0.5) is 0 Å². The molecule has 0 rings (SSSR count). The Hall–Kier alpha value is -2.55. The molecule has 2 atom stereocenters. The molecule has 0 aliphatic carbocycles. The lowest BCUT2D eigenvalue weighted by Crippen LogP contribution is -2.37. The Kier molecular flexibility index (Phi) is 38.1. The number of quaternary nitrogens is 1. The number of unbranched alkanes of at least 4 members (excludes halogenated alkanes) is 14. The second kappa shape index (κ2) is 39.9. The number of rotatable bonds is 40. The predicted octanol–water partition coefficient (Wildman–Crippen LogP) is 13.0. The summed E-state index contributed by atoms with van der Waals surface area (Å²) in [5, 5.41) is 0. The highest BCUT2D eigenvalue weighted by Crippen LogP contribution is 2.43. The van der Waals surface area contributed by atoms with Crippen LogP contribution in [0, 0.1) is 0 Å². The van der Waals surface area contributed by atoms with Gasteiger partial charge in [-0.25, -0.2) is 4.57 Å². The number of allylic oxidation sites excluding steroid dienone is 12. The molecule has 0 aromatic heterocycles. The van der Waals surface area contributed by atoms with Crippen LogP contribution in [-0.4, -0.2) is 74.9 Å². The fourth-order valence-electron chi connectivity index (χ4n) is 5.67. The predicted molar refractivity (Wildman–Crippen MR) is 242 cm³/mol. The van der Waals surface area contributed by atoms with Crippen LogP contribution in [0.25, 0.3) is 0 Å². The number of hydrogen-bond donors (Lipinski definition) is 1. The van der Waals surface area contributed by atoms with E-state index in [-0.39, 0.29) is 32.0 Å². The van der Waals surface area contributed by atoms with Gasteiger partial charge in [0, 0.05) is 12.8 Å². The Labute approximate surface area is 355 Å². The number of carbonyl (C=O) groups excluding carboxylic acids is 2. The first-order chi connectivity index (χ1) is 28.0. The van der Waals surface area contributed by atoms with E-state index in [1.54, 1.807) is 0 Å². The fraction of sp³-hybridized carbons (Fsp3) is 0.708. The summed E-state index contributed by atoms with van der Waals surface area (Å²) in [6.45, 7) is 4.22. The van der Waals surface area contributed by atoms with Crippen LogP contribution >= 0.6 is 7.82 Å². The van der Waals surface area contributed by atoms with Crippen LogP contribution in [-0.2, 0) is 32.7 Å². The number of esters is 2. The average Bonchev–Trinajstić information content (AvgIpc) is 3.17. The Morgan fingerprint density at radius 1 is 0.552 bits per heavy atom. The number of nitrogens with zero attached hydrogens (tertiary/aromatic N) is 1. The normalized spacial score (nSPS) is 14.2. The van der Waals surface area contributed by atoms with Gasteiger partial charge in [-0.3, -0.25) is 18.6 Å². The van der Waals surface area contributed by atoms with Gasteiger partial charge in [0.25, 0.3) is 0 Å². The van der Waals surface area contributed by atoms with Crippen molar-refractivity contribution in [2.24, 2.45) is 0 Å². The van der Waals surface area contributed by atoms with Crippen LogP contribution in [0.15, 0.2) is 72.9 Å². The van der Waals surface area contributed by atoms with E-state index in [0.717, 1.165) is 70.6 Å². The highest BCUT2D eigenvalue weighted by Gasteiger charge is 2.27. The number of phosphoric acid groups is 1.